The summed E-state index contributed by atoms with van der Waals surface area (Å²) in [4.78, 5) is 39.5. The SMILES string of the molecule is COC(=O)[C@@H]1CC2(CN1C(=O)[C@@H](C)NC(=O)c1ccc(-c3ccccc3)cc1)OCCO2. The quantitative estimate of drug-likeness (QED) is 0.718. The van der Waals surface area contributed by atoms with Crippen LogP contribution in [0.4, 0.5) is 0 Å². The number of benzene rings is 2. The lowest BCUT2D eigenvalue weighted by Crippen LogP contribution is -2.51. The number of hydrogen-bond acceptors (Lipinski definition) is 6. The summed E-state index contributed by atoms with van der Waals surface area (Å²) in [7, 11) is 1.27. The number of nitrogens with one attached hydrogen (secondary N) is 1. The summed E-state index contributed by atoms with van der Waals surface area (Å²) in [5.74, 6) is -2.30. The monoisotopic (exact) mass is 438 g/mol. The van der Waals surface area contributed by atoms with Crippen molar-refractivity contribution < 1.29 is 28.6 Å². The minimum atomic E-state index is -0.995. The second kappa shape index (κ2) is 9.10. The number of carbonyl (C=O) groups excluding carboxylic acids is 3. The molecule has 0 unspecified atom stereocenters. The topological polar surface area (TPSA) is 94.2 Å². The third kappa shape index (κ3) is 4.37. The molecule has 2 saturated heterocycles. The van der Waals surface area contributed by atoms with Crippen molar-refractivity contribution in [2.75, 3.05) is 26.9 Å². The molecule has 2 aromatic carbocycles. The van der Waals surface area contributed by atoms with E-state index in [-0.39, 0.29) is 18.9 Å². The Bertz CT molecular complexity index is 985. The van der Waals surface area contributed by atoms with Crippen molar-refractivity contribution in [1.82, 2.24) is 10.2 Å². The van der Waals surface area contributed by atoms with Gasteiger partial charge in [-0.1, -0.05) is 42.5 Å². The number of amides is 2. The molecule has 2 amide bonds. The summed E-state index contributed by atoms with van der Waals surface area (Å²) in [6.45, 7) is 2.51. The standard InChI is InChI=1S/C24H26N2O6/c1-16(22(28)26-15-24(31-12-13-32-24)14-20(26)23(29)30-2)25-21(27)19-10-8-18(9-11-19)17-6-4-3-5-7-17/h3-11,16,20H,12-15H2,1-2H3,(H,25,27)/t16-,20+/m1/s1. The van der Waals surface area contributed by atoms with Gasteiger partial charge in [0, 0.05) is 12.0 Å². The number of hydrogen-bond donors (Lipinski definition) is 1. The highest BCUT2D eigenvalue weighted by atomic mass is 16.7. The van der Waals surface area contributed by atoms with Crippen LogP contribution in [0.2, 0.25) is 0 Å². The molecular weight excluding hydrogens is 412 g/mol. The Kier molecular flexibility index (Phi) is 6.25. The Morgan fingerprint density at radius 1 is 1.03 bits per heavy atom. The average Bonchev–Trinajstić information content (AvgIpc) is 3.45. The van der Waals surface area contributed by atoms with Crippen LogP contribution in [0.25, 0.3) is 11.1 Å². The molecule has 8 nitrogen and oxygen atoms in total. The van der Waals surface area contributed by atoms with Crippen LogP contribution in [0.3, 0.4) is 0 Å². The van der Waals surface area contributed by atoms with E-state index in [4.69, 9.17) is 14.2 Å². The van der Waals surface area contributed by atoms with Gasteiger partial charge in [-0.3, -0.25) is 9.59 Å². The summed E-state index contributed by atoms with van der Waals surface area (Å²) in [6, 6.07) is 15.3. The fourth-order valence-corrected chi connectivity index (χ4v) is 4.16. The smallest absolute Gasteiger partial charge is 0.328 e. The van der Waals surface area contributed by atoms with Gasteiger partial charge in [-0.25, -0.2) is 4.79 Å². The fraction of sp³-hybridized carbons (Fsp3) is 0.375. The van der Waals surface area contributed by atoms with Gasteiger partial charge in [-0.05, 0) is 30.2 Å². The van der Waals surface area contributed by atoms with Crippen LogP contribution in [0.5, 0.6) is 0 Å². The molecule has 1 N–H and O–H groups in total. The molecule has 2 atom stereocenters. The zero-order chi connectivity index (χ0) is 22.7. The van der Waals surface area contributed by atoms with Crippen molar-refractivity contribution in [3.8, 4) is 11.1 Å². The zero-order valence-electron chi connectivity index (χ0n) is 18.1. The highest BCUT2D eigenvalue weighted by Crippen LogP contribution is 2.35. The van der Waals surface area contributed by atoms with Crippen molar-refractivity contribution >= 4 is 17.8 Å². The van der Waals surface area contributed by atoms with Gasteiger partial charge < -0.3 is 24.4 Å². The largest absolute Gasteiger partial charge is 0.467 e. The summed E-state index contributed by atoms with van der Waals surface area (Å²) in [6.07, 6.45) is 0.201. The van der Waals surface area contributed by atoms with E-state index in [1.807, 2.05) is 42.5 Å². The first-order chi connectivity index (χ1) is 15.4. The van der Waals surface area contributed by atoms with Gasteiger partial charge in [0.2, 0.25) is 5.91 Å². The van der Waals surface area contributed by atoms with Crippen molar-refractivity contribution in [3.63, 3.8) is 0 Å². The Labute approximate surface area is 186 Å². The number of likely N-dealkylation sites (tertiary alicyclic amines) is 1. The van der Waals surface area contributed by atoms with Crippen molar-refractivity contribution in [2.45, 2.75) is 31.2 Å². The molecule has 0 bridgehead atoms. The highest BCUT2D eigenvalue weighted by molar-refractivity contribution is 5.98. The molecule has 0 aromatic heterocycles. The van der Waals surface area contributed by atoms with E-state index in [9.17, 15) is 14.4 Å². The molecule has 2 fully saturated rings. The van der Waals surface area contributed by atoms with Gasteiger partial charge in [0.1, 0.15) is 12.1 Å². The molecule has 32 heavy (non-hydrogen) atoms. The lowest BCUT2D eigenvalue weighted by molar-refractivity contribution is -0.153. The van der Waals surface area contributed by atoms with Crippen LogP contribution in [-0.2, 0) is 23.8 Å². The Morgan fingerprint density at radius 2 is 1.66 bits per heavy atom. The van der Waals surface area contributed by atoms with E-state index >= 15 is 0 Å². The second-order valence-corrected chi connectivity index (χ2v) is 7.96. The van der Waals surface area contributed by atoms with E-state index in [2.05, 4.69) is 5.32 Å². The zero-order valence-corrected chi connectivity index (χ0v) is 18.1. The maximum absolute atomic E-state index is 13.1. The van der Waals surface area contributed by atoms with Gasteiger partial charge >= 0.3 is 5.97 Å². The van der Waals surface area contributed by atoms with Gasteiger partial charge in [0.25, 0.3) is 5.91 Å². The molecule has 2 heterocycles. The second-order valence-electron chi connectivity index (χ2n) is 7.96. The number of carbonyl (C=O) groups is 3. The number of methoxy groups -OCH3 is 1. The first kappa shape index (κ1) is 22.0. The minimum absolute atomic E-state index is 0.109. The molecule has 1 spiro atoms. The van der Waals surface area contributed by atoms with E-state index in [0.29, 0.717) is 18.8 Å². The molecule has 2 aliphatic heterocycles. The Hall–Kier alpha value is -3.23. The molecule has 0 radical (unpaired) electrons. The lowest BCUT2D eigenvalue weighted by Gasteiger charge is -2.26. The number of nitrogens with zero attached hydrogens (tertiary/aromatic N) is 1. The number of rotatable bonds is 5. The Morgan fingerprint density at radius 3 is 2.28 bits per heavy atom. The summed E-state index contributed by atoms with van der Waals surface area (Å²) < 4.78 is 16.2. The molecule has 2 aliphatic rings. The van der Waals surface area contributed by atoms with Crippen LogP contribution < -0.4 is 5.32 Å². The number of ether oxygens (including phenoxy) is 3. The molecule has 168 valence electrons. The van der Waals surface area contributed by atoms with Crippen LogP contribution in [0, 0.1) is 0 Å². The van der Waals surface area contributed by atoms with Crippen LogP contribution >= 0.6 is 0 Å². The van der Waals surface area contributed by atoms with Crippen molar-refractivity contribution in [3.05, 3.63) is 60.2 Å². The first-order valence-corrected chi connectivity index (χ1v) is 10.5. The Balaban J connectivity index is 1.43. The molecular formula is C24H26N2O6. The van der Waals surface area contributed by atoms with E-state index in [1.165, 1.54) is 12.0 Å². The maximum atomic E-state index is 13.1. The molecule has 0 saturated carbocycles. The summed E-state index contributed by atoms with van der Waals surface area (Å²) >= 11 is 0. The van der Waals surface area contributed by atoms with Crippen LogP contribution in [0.15, 0.2) is 54.6 Å². The fourth-order valence-electron chi connectivity index (χ4n) is 4.16. The predicted octanol–water partition coefficient (Wildman–Crippen LogP) is 1.99. The first-order valence-electron chi connectivity index (χ1n) is 10.5. The van der Waals surface area contributed by atoms with Crippen LogP contribution in [-0.4, -0.2) is 67.4 Å². The maximum Gasteiger partial charge on any atom is 0.328 e. The van der Waals surface area contributed by atoms with E-state index < -0.39 is 29.7 Å². The molecule has 0 aliphatic carbocycles. The predicted molar refractivity (Wildman–Crippen MR) is 116 cm³/mol. The lowest BCUT2D eigenvalue weighted by atomic mass is 10.0. The van der Waals surface area contributed by atoms with Gasteiger partial charge in [0.15, 0.2) is 5.79 Å². The summed E-state index contributed by atoms with van der Waals surface area (Å²) in [5.41, 5.74) is 2.48. The van der Waals surface area contributed by atoms with Gasteiger partial charge in [-0.2, -0.15) is 0 Å². The normalized spacial score (nSPS) is 20.2. The van der Waals surface area contributed by atoms with Gasteiger partial charge in [0.05, 0.1) is 26.9 Å². The summed E-state index contributed by atoms with van der Waals surface area (Å²) in [5, 5.41) is 2.72. The molecule has 8 heteroatoms. The highest BCUT2D eigenvalue weighted by Gasteiger charge is 2.53. The third-order valence-electron chi connectivity index (χ3n) is 5.83. The van der Waals surface area contributed by atoms with E-state index in [0.717, 1.165) is 11.1 Å². The van der Waals surface area contributed by atoms with Crippen LogP contribution in [0.1, 0.15) is 23.7 Å². The molecule has 4 rings (SSSR count). The van der Waals surface area contributed by atoms with Crippen molar-refractivity contribution in [1.29, 1.82) is 0 Å². The third-order valence-corrected chi connectivity index (χ3v) is 5.83. The number of esters is 1. The minimum Gasteiger partial charge on any atom is -0.467 e. The van der Waals surface area contributed by atoms with Gasteiger partial charge in [-0.15, -0.1) is 0 Å². The average molecular weight is 438 g/mol. The van der Waals surface area contributed by atoms with E-state index in [1.54, 1.807) is 19.1 Å². The van der Waals surface area contributed by atoms with Crippen molar-refractivity contribution in [2.24, 2.45) is 0 Å². The molecule has 2 aromatic rings.